The van der Waals surface area contributed by atoms with Gasteiger partial charge in [0.25, 0.3) is 6.43 Å². The second-order valence-electron chi connectivity index (χ2n) is 2.47. The van der Waals surface area contributed by atoms with Crippen LogP contribution < -0.4 is 5.73 Å². The van der Waals surface area contributed by atoms with Gasteiger partial charge in [-0.3, -0.25) is 10.1 Å². The highest BCUT2D eigenvalue weighted by Gasteiger charge is 2.26. The van der Waals surface area contributed by atoms with E-state index in [2.05, 4.69) is 4.98 Å². The molecule has 0 fully saturated rings. The van der Waals surface area contributed by atoms with Crippen LogP contribution in [0.3, 0.4) is 0 Å². The highest BCUT2D eigenvalue weighted by Crippen LogP contribution is 2.29. The first kappa shape index (κ1) is 10.5. The van der Waals surface area contributed by atoms with Gasteiger partial charge in [0.15, 0.2) is 5.69 Å². The highest BCUT2D eigenvalue weighted by atomic mass is 19.3. The zero-order chi connectivity index (χ0) is 10.7. The number of alkyl halides is 2. The van der Waals surface area contributed by atoms with Gasteiger partial charge in [-0.05, 0) is 6.07 Å². The van der Waals surface area contributed by atoms with Crippen LogP contribution in [-0.2, 0) is 6.54 Å². The van der Waals surface area contributed by atoms with E-state index >= 15 is 0 Å². The van der Waals surface area contributed by atoms with Crippen molar-refractivity contribution in [2.45, 2.75) is 13.0 Å². The molecule has 0 unspecified atom stereocenters. The Morgan fingerprint density at radius 2 is 2.29 bits per heavy atom. The minimum atomic E-state index is -2.97. The molecule has 14 heavy (non-hydrogen) atoms. The Labute approximate surface area is 77.7 Å². The van der Waals surface area contributed by atoms with Gasteiger partial charge in [-0.1, -0.05) is 0 Å². The Kier molecular flexibility index (Phi) is 3.03. The molecule has 0 saturated carbocycles. The fourth-order valence-corrected chi connectivity index (χ4v) is 1.05. The molecule has 1 rings (SSSR count). The second-order valence-corrected chi connectivity index (χ2v) is 2.47. The molecule has 0 aromatic carbocycles. The van der Waals surface area contributed by atoms with Crippen molar-refractivity contribution in [3.8, 4) is 0 Å². The lowest BCUT2D eigenvalue weighted by atomic mass is 10.2. The Morgan fingerprint density at radius 3 is 2.71 bits per heavy atom. The summed E-state index contributed by atoms with van der Waals surface area (Å²) in [5.74, 6) is 0. The largest absolute Gasteiger partial charge is 0.326 e. The van der Waals surface area contributed by atoms with E-state index < -0.39 is 22.7 Å². The second kappa shape index (κ2) is 4.05. The van der Waals surface area contributed by atoms with E-state index in [9.17, 15) is 18.9 Å². The van der Waals surface area contributed by atoms with Crippen molar-refractivity contribution >= 4 is 5.69 Å². The van der Waals surface area contributed by atoms with Crippen molar-refractivity contribution in [1.29, 1.82) is 0 Å². The fourth-order valence-electron chi connectivity index (χ4n) is 1.05. The van der Waals surface area contributed by atoms with Gasteiger partial charge in [0.2, 0.25) is 0 Å². The number of nitrogens with zero attached hydrogens (tertiary/aromatic N) is 2. The molecular formula is C7H7F2N3O2. The monoisotopic (exact) mass is 203 g/mol. The third-order valence-corrected chi connectivity index (χ3v) is 1.65. The van der Waals surface area contributed by atoms with E-state index in [-0.39, 0.29) is 12.1 Å². The van der Waals surface area contributed by atoms with Crippen LogP contribution in [0, 0.1) is 10.1 Å². The smallest absolute Gasteiger partial charge is 0.301 e. The molecule has 0 aliphatic carbocycles. The molecule has 1 aromatic heterocycles. The molecule has 0 atom stereocenters. The van der Waals surface area contributed by atoms with Crippen LogP contribution in [0.4, 0.5) is 14.5 Å². The Balaban J connectivity index is 3.35. The van der Waals surface area contributed by atoms with Crippen LogP contribution in [0.2, 0.25) is 0 Å². The van der Waals surface area contributed by atoms with Crippen molar-refractivity contribution in [2.75, 3.05) is 0 Å². The molecule has 0 saturated heterocycles. The lowest BCUT2D eigenvalue weighted by Crippen LogP contribution is -2.06. The summed E-state index contributed by atoms with van der Waals surface area (Å²) in [6.45, 7) is -0.168. The van der Waals surface area contributed by atoms with Crippen LogP contribution >= 0.6 is 0 Å². The van der Waals surface area contributed by atoms with Crippen LogP contribution in [-0.4, -0.2) is 9.91 Å². The van der Waals surface area contributed by atoms with Crippen molar-refractivity contribution in [2.24, 2.45) is 5.73 Å². The highest BCUT2D eigenvalue weighted by molar-refractivity contribution is 5.44. The number of aromatic nitrogens is 1. The number of nitro groups is 1. The lowest BCUT2D eigenvalue weighted by molar-refractivity contribution is -0.387. The van der Waals surface area contributed by atoms with E-state index in [1.54, 1.807) is 0 Å². The molecule has 0 bridgehead atoms. The molecule has 76 valence electrons. The quantitative estimate of drug-likeness (QED) is 0.594. The maximum atomic E-state index is 12.3. The maximum absolute atomic E-state index is 12.3. The number of rotatable bonds is 3. The van der Waals surface area contributed by atoms with Crippen molar-refractivity contribution < 1.29 is 13.7 Å². The third kappa shape index (κ3) is 1.82. The number of hydrogen-bond acceptors (Lipinski definition) is 4. The summed E-state index contributed by atoms with van der Waals surface area (Å²) in [5, 5.41) is 10.5. The zero-order valence-electron chi connectivity index (χ0n) is 6.98. The van der Waals surface area contributed by atoms with E-state index in [1.165, 1.54) is 6.07 Å². The van der Waals surface area contributed by atoms with E-state index in [0.29, 0.717) is 0 Å². The van der Waals surface area contributed by atoms with Crippen LogP contribution in [0.15, 0.2) is 12.3 Å². The standard InChI is InChI=1S/C7H7F2N3O2/c8-7(9)5-6(12(13)14)4(3-10)1-2-11-5/h1-2,7H,3,10H2. The molecule has 2 N–H and O–H groups in total. The lowest BCUT2D eigenvalue weighted by Gasteiger charge is -2.03. The molecule has 5 nitrogen and oxygen atoms in total. The molecule has 0 radical (unpaired) electrons. The number of pyridine rings is 1. The summed E-state index contributed by atoms with van der Waals surface area (Å²) in [6.07, 6.45) is -1.89. The van der Waals surface area contributed by atoms with Gasteiger partial charge < -0.3 is 5.73 Å². The summed E-state index contributed by atoms with van der Waals surface area (Å²) in [7, 11) is 0. The van der Waals surface area contributed by atoms with E-state index in [1.807, 2.05) is 0 Å². The van der Waals surface area contributed by atoms with Crippen molar-refractivity contribution in [3.05, 3.63) is 33.6 Å². The number of halogens is 2. The van der Waals surface area contributed by atoms with Gasteiger partial charge in [0.1, 0.15) is 0 Å². The first-order chi connectivity index (χ1) is 6.57. The Hall–Kier alpha value is -1.63. The fraction of sp³-hybridized carbons (Fsp3) is 0.286. The van der Waals surface area contributed by atoms with Gasteiger partial charge in [0, 0.05) is 18.3 Å². The average Bonchev–Trinajstić information content (AvgIpc) is 2.16. The first-order valence-electron chi connectivity index (χ1n) is 3.68. The molecule has 0 spiro atoms. The molecule has 1 aromatic rings. The molecule has 7 heteroatoms. The predicted octanol–water partition coefficient (Wildman–Crippen LogP) is 1.39. The minimum Gasteiger partial charge on any atom is -0.326 e. The molecular weight excluding hydrogens is 196 g/mol. The molecule has 0 aliphatic rings. The summed E-state index contributed by atoms with van der Waals surface area (Å²) in [5.41, 5.74) is 3.71. The SMILES string of the molecule is NCc1ccnc(C(F)F)c1[N+](=O)[O-]. The average molecular weight is 203 g/mol. The summed E-state index contributed by atoms with van der Waals surface area (Å²) >= 11 is 0. The number of nitrogens with two attached hydrogens (primary N) is 1. The van der Waals surface area contributed by atoms with Gasteiger partial charge >= 0.3 is 5.69 Å². The van der Waals surface area contributed by atoms with Gasteiger partial charge in [-0.15, -0.1) is 0 Å². The first-order valence-corrected chi connectivity index (χ1v) is 3.68. The summed E-state index contributed by atoms with van der Waals surface area (Å²) in [6, 6.07) is 1.25. The molecule has 1 heterocycles. The Morgan fingerprint density at radius 1 is 1.64 bits per heavy atom. The molecule has 0 aliphatic heterocycles. The van der Waals surface area contributed by atoms with E-state index in [4.69, 9.17) is 5.73 Å². The topological polar surface area (TPSA) is 82.0 Å². The van der Waals surface area contributed by atoms with Gasteiger partial charge in [-0.25, -0.2) is 13.8 Å². The summed E-state index contributed by atoms with van der Waals surface area (Å²) in [4.78, 5) is 12.9. The third-order valence-electron chi connectivity index (χ3n) is 1.65. The minimum absolute atomic E-state index is 0.0558. The number of hydrogen-bond donors (Lipinski definition) is 1. The van der Waals surface area contributed by atoms with Crippen LogP contribution in [0.5, 0.6) is 0 Å². The zero-order valence-corrected chi connectivity index (χ0v) is 6.98. The predicted molar refractivity (Wildman–Crippen MR) is 43.7 cm³/mol. The van der Waals surface area contributed by atoms with Crippen molar-refractivity contribution in [3.63, 3.8) is 0 Å². The van der Waals surface area contributed by atoms with Gasteiger partial charge in [-0.2, -0.15) is 0 Å². The normalized spacial score (nSPS) is 10.6. The van der Waals surface area contributed by atoms with Crippen LogP contribution in [0.25, 0.3) is 0 Å². The Bertz CT molecular complexity index is 357. The maximum Gasteiger partial charge on any atom is 0.301 e. The van der Waals surface area contributed by atoms with Gasteiger partial charge in [0.05, 0.1) is 4.92 Å². The van der Waals surface area contributed by atoms with Crippen LogP contribution in [0.1, 0.15) is 17.7 Å². The molecule has 0 amide bonds. The summed E-state index contributed by atoms with van der Waals surface area (Å²) < 4.78 is 24.6. The van der Waals surface area contributed by atoms with E-state index in [0.717, 1.165) is 6.20 Å². The van der Waals surface area contributed by atoms with Crippen molar-refractivity contribution in [1.82, 2.24) is 4.98 Å².